The molecule has 0 spiro atoms. The standard InChI is InChI=1S/C16H17Cl2N2O/c1-2-8-20-9-6-13(7-10-20)11-19-21-12-14-15(17)4-3-5-16(14)18/h3-7,9-11H,2,8,12H2,1H3/q+1/b19-11+. The Morgan fingerprint density at radius 2 is 1.81 bits per heavy atom. The van der Waals surface area contributed by atoms with Crippen molar-refractivity contribution in [3.05, 3.63) is 63.9 Å². The van der Waals surface area contributed by atoms with Gasteiger partial charge in [-0.3, -0.25) is 0 Å². The highest BCUT2D eigenvalue weighted by molar-refractivity contribution is 6.35. The summed E-state index contributed by atoms with van der Waals surface area (Å²) in [4.78, 5) is 5.26. The zero-order chi connectivity index (χ0) is 15.1. The van der Waals surface area contributed by atoms with Gasteiger partial charge in [0.25, 0.3) is 0 Å². The van der Waals surface area contributed by atoms with E-state index in [-0.39, 0.29) is 6.61 Å². The van der Waals surface area contributed by atoms with Crippen molar-refractivity contribution in [3.8, 4) is 0 Å². The molecule has 0 amide bonds. The molecule has 3 nitrogen and oxygen atoms in total. The summed E-state index contributed by atoms with van der Waals surface area (Å²) in [5.74, 6) is 0. The van der Waals surface area contributed by atoms with Gasteiger partial charge < -0.3 is 4.84 Å². The van der Waals surface area contributed by atoms with Crippen molar-refractivity contribution < 1.29 is 9.40 Å². The first-order valence-corrected chi connectivity index (χ1v) is 7.53. The van der Waals surface area contributed by atoms with Crippen molar-refractivity contribution in [2.75, 3.05) is 0 Å². The van der Waals surface area contributed by atoms with Gasteiger partial charge in [-0.1, -0.05) is 41.3 Å². The van der Waals surface area contributed by atoms with Crippen LogP contribution in [0, 0.1) is 0 Å². The third kappa shape index (κ3) is 4.73. The number of aryl methyl sites for hydroxylation is 1. The van der Waals surface area contributed by atoms with Crippen LogP contribution in [0.4, 0.5) is 0 Å². The Labute approximate surface area is 134 Å². The Morgan fingerprint density at radius 1 is 1.14 bits per heavy atom. The van der Waals surface area contributed by atoms with E-state index >= 15 is 0 Å². The summed E-state index contributed by atoms with van der Waals surface area (Å²) in [5.41, 5.74) is 1.72. The lowest BCUT2D eigenvalue weighted by Gasteiger charge is -2.04. The minimum atomic E-state index is 0.248. The fourth-order valence-corrected chi connectivity index (χ4v) is 2.34. The van der Waals surface area contributed by atoms with Crippen molar-refractivity contribution in [3.63, 3.8) is 0 Å². The largest absolute Gasteiger partial charge is 0.391 e. The average Bonchev–Trinajstić information content (AvgIpc) is 2.48. The molecule has 110 valence electrons. The predicted molar refractivity (Wildman–Crippen MR) is 85.8 cm³/mol. The first kappa shape index (κ1) is 15.8. The number of benzene rings is 1. The third-order valence-corrected chi connectivity index (χ3v) is 3.65. The lowest BCUT2D eigenvalue weighted by atomic mass is 10.2. The van der Waals surface area contributed by atoms with E-state index in [4.69, 9.17) is 28.0 Å². The first-order chi connectivity index (χ1) is 10.2. The van der Waals surface area contributed by atoms with Gasteiger partial charge in [0.15, 0.2) is 12.4 Å². The minimum Gasteiger partial charge on any atom is -0.391 e. The molecule has 1 heterocycles. The van der Waals surface area contributed by atoms with E-state index in [0.717, 1.165) is 24.1 Å². The van der Waals surface area contributed by atoms with Gasteiger partial charge in [-0.2, -0.15) is 0 Å². The molecule has 0 fully saturated rings. The summed E-state index contributed by atoms with van der Waals surface area (Å²) < 4.78 is 2.13. The van der Waals surface area contributed by atoms with Crippen LogP contribution < -0.4 is 4.57 Å². The molecule has 21 heavy (non-hydrogen) atoms. The minimum absolute atomic E-state index is 0.248. The van der Waals surface area contributed by atoms with Crippen molar-refractivity contribution in [2.24, 2.45) is 5.16 Å². The van der Waals surface area contributed by atoms with Gasteiger partial charge in [-0.15, -0.1) is 0 Å². The molecular formula is C16H17Cl2N2O+. The first-order valence-electron chi connectivity index (χ1n) is 6.78. The number of hydrogen-bond donors (Lipinski definition) is 0. The maximum Gasteiger partial charge on any atom is 0.169 e. The van der Waals surface area contributed by atoms with Gasteiger partial charge in [0.1, 0.15) is 13.2 Å². The Hall–Kier alpha value is -1.58. The molecule has 0 saturated carbocycles. The van der Waals surface area contributed by atoms with Gasteiger partial charge >= 0.3 is 0 Å². The summed E-state index contributed by atoms with van der Waals surface area (Å²) in [5, 5.41) is 5.11. The van der Waals surface area contributed by atoms with E-state index in [1.54, 1.807) is 24.4 Å². The van der Waals surface area contributed by atoms with E-state index in [1.807, 2.05) is 24.5 Å². The van der Waals surface area contributed by atoms with Crippen LogP contribution in [0.3, 0.4) is 0 Å². The topological polar surface area (TPSA) is 25.5 Å². The number of aromatic nitrogens is 1. The smallest absolute Gasteiger partial charge is 0.169 e. The summed E-state index contributed by atoms with van der Waals surface area (Å²) in [6, 6.07) is 9.34. The highest BCUT2D eigenvalue weighted by atomic mass is 35.5. The zero-order valence-electron chi connectivity index (χ0n) is 11.8. The molecule has 1 aromatic carbocycles. The van der Waals surface area contributed by atoms with E-state index in [1.165, 1.54) is 0 Å². The highest BCUT2D eigenvalue weighted by Gasteiger charge is 2.05. The molecule has 0 aliphatic carbocycles. The third-order valence-electron chi connectivity index (χ3n) is 2.95. The van der Waals surface area contributed by atoms with E-state index in [9.17, 15) is 0 Å². The summed E-state index contributed by atoms with van der Waals surface area (Å²) in [6.45, 7) is 3.41. The molecule has 0 atom stereocenters. The Morgan fingerprint density at radius 3 is 2.43 bits per heavy atom. The van der Waals surface area contributed by atoms with Crippen LogP contribution in [0.2, 0.25) is 10.0 Å². The summed E-state index contributed by atoms with van der Waals surface area (Å²) >= 11 is 12.1. The SMILES string of the molecule is CCC[n+]1ccc(/C=N/OCc2c(Cl)cccc2Cl)cc1. The number of hydrogen-bond acceptors (Lipinski definition) is 2. The summed E-state index contributed by atoms with van der Waals surface area (Å²) in [6.07, 6.45) is 6.83. The predicted octanol–water partition coefficient (Wildman–Crippen LogP) is 4.24. The van der Waals surface area contributed by atoms with Crippen LogP contribution >= 0.6 is 23.2 Å². The van der Waals surface area contributed by atoms with E-state index in [0.29, 0.717) is 10.0 Å². The molecule has 1 aromatic heterocycles. The van der Waals surface area contributed by atoms with Crippen LogP contribution in [0.5, 0.6) is 0 Å². The second-order valence-electron chi connectivity index (χ2n) is 4.58. The lowest BCUT2D eigenvalue weighted by molar-refractivity contribution is -0.697. The molecule has 0 radical (unpaired) electrons. The number of nitrogens with zero attached hydrogens (tertiary/aromatic N) is 2. The van der Waals surface area contributed by atoms with E-state index < -0.39 is 0 Å². The van der Waals surface area contributed by atoms with Crippen LogP contribution in [-0.4, -0.2) is 6.21 Å². The Kier molecular flexibility index (Phi) is 6.03. The number of oxime groups is 1. The molecular weight excluding hydrogens is 307 g/mol. The van der Waals surface area contributed by atoms with Crippen LogP contribution in [-0.2, 0) is 18.0 Å². The normalized spacial score (nSPS) is 11.0. The summed E-state index contributed by atoms with van der Waals surface area (Å²) in [7, 11) is 0. The fraction of sp³-hybridized carbons (Fsp3) is 0.250. The second kappa shape index (κ2) is 8.01. The number of rotatable bonds is 6. The second-order valence-corrected chi connectivity index (χ2v) is 5.39. The van der Waals surface area contributed by atoms with Crippen molar-refractivity contribution in [1.82, 2.24) is 0 Å². The van der Waals surface area contributed by atoms with Crippen LogP contribution in [0.15, 0.2) is 47.9 Å². The highest BCUT2D eigenvalue weighted by Crippen LogP contribution is 2.24. The van der Waals surface area contributed by atoms with Gasteiger partial charge in [0.05, 0.1) is 6.21 Å². The molecule has 0 N–H and O–H groups in total. The molecule has 0 aliphatic rings. The monoisotopic (exact) mass is 323 g/mol. The molecule has 0 bridgehead atoms. The van der Waals surface area contributed by atoms with Gasteiger partial charge in [0.2, 0.25) is 0 Å². The van der Waals surface area contributed by atoms with Crippen molar-refractivity contribution in [2.45, 2.75) is 26.5 Å². The van der Waals surface area contributed by atoms with Gasteiger partial charge in [-0.05, 0) is 12.1 Å². The average molecular weight is 324 g/mol. The van der Waals surface area contributed by atoms with Gasteiger partial charge in [0, 0.05) is 39.7 Å². The van der Waals surface area contributed by atoms with Crippen molar-refractivity contribution in [1.29, 1.82) is 0 Å². The fourth-order valence-electron chi connectivity index (χ4n) is 1.83. The number of halogens is 2. The molecule has 2 aromatic rings. The molecule has 2 rings (SSSR count). The Balaban J connectivity index is 1.90. The maximum atomic E-state index is 6.05. The Bertz CT molecular complexity index is 592. The molecule has 0 unspecified atom stereocenters. The zero-order valence-corrected chi connectivity index (χ0v) is 13.3. The molecule has 5 heteroatoms. The molecule has 0 aliphatic heterocycles. The van der Waals surface area contributed by atoms with Crippen LogP contribution in [0.25, 0.3) is 0 Å². The lowest BCUT2D eigenvalue weighted by Crippen LogP contribution is -2.32. The van der Waals surface area contributed by atoms with Gasteiger partial charge in [-0.25, -0.2) is 4.57 Å². The van der Waals surface area contributed by atoms with E-state index in [2.05, 4.69) is 16.6 Å². The quantitative estimate of drug-likeness (QED) is 0.443. The van der Waals surface area contributed by atoms with Crippen LogP contribution in [0.1, 0.15) is 24.5 Å². The van der Waals surface area contributed by atoms with Crippen molar-refractivity contribution >= 4 is 29.4 Å². The molecule has 0 saturated heterocycles. The number of pyridine rings is 1. The maximum absolute atomic E-state index is 6.05.